The molecule has 0 atom stereocenters. The highest BCUT2D eigenvalue weighted by atomic mass is 35.5. The molecule has 1 aromatic carbocycles. The molecule has 0 radical (unpaired) electrons. The standard InChI is InChI=1S/C12H12ClN3O.ClH/c1-8-5-12(15-7-14-8)16-9-3-4-11(17-2)10(13)6-9;/h3-7H,1-2H3,(H,14,15,16);1H. The molecule has 1 heterocycles. The third-order valence-electron chi connectivity index (χ3n) is 2.23. The first-order valence-electron chi connectivity index (χ1n) is 5.08. The Morgan fingerprint density at radius 2 is 2.00 bits per heavy atom. The number of ether oxygens (including phenoxy) is 1. The molecule has 2 rings (SSSR count). The van der Waals surface area contributed by atoms with Crippen LogP contribution in [0.3, 0.4) is 0 Å². The van der Waals surface area contributed by atoms with Gasteiger partial charge in [0.2, 0.25) is 0 Å². The summed E-state index contributed by atoms with van der Waals surface area (Å²) in [7, 11) is 1.59. The molecular weight excluding hydrogens is 273 g/mol. The van der Waals surface area contributed by atoms with Crippen LogP contribution in [0.1, 0.15) is 5.69 Å². The number of hydrogen-bond donors (Lipinski definition) is 1. The zero-order valence-electron chi connectivity index (χ0n) is 9.98. The Balaban J connectivity index is 0.00000162. The molecule has 0 aliphatic heterocycles. The van der Waals surface area contributed by atoms with Crippen LogP contribution in [-0.4, -0.2) is 17.1 Å². The molecule has 0 aliphatic carbocycles. The highest BCUT2D eigenvalue weighted by Gasteiger charge is 2.02. The number of aryl methyl sites for hydroxylation is 1. The van der Waals surface area contributed by atoms with Crippen molar-refractivity contribution in [3.8, 4) is 5.75 Å². The second-order valence-electron chi connectivity index (χ2n) is 3.52. The quantitative estimate of drug-likeness (QED) is 0.936. The van der Waals surface area contributed by atoms with E-state index < -0.39 is 0 Å². The largest absolute Gasteiger partial charge is 0.495 e. The highest BCUT2D eigenvalue weighted by molar-refractivity contribution is 6.32. The van der Waals surface area contributed by atoms with E-state index in [-0.39, 0.29) is 12.4 Å². The van der Waals surface area contributed by atoms with E-state index in [1.165, 1.54) is 6.33 Å². The van der Waals surface area contributed by atoms with Gasteiger partial charge in [0, 0.05) is 17.4 Å². The Labute approximate surface area is 117 Å². The van der Waals surface area contributed by atoms with Crippen molar-refractivity contribution in [2.75, 3.05) is 12.4 Å². The minimum Gasteiger partial charge on any atom is -0.495 e. The van der Waals surface area contributed by atoms with Crippen LogP contribution in [0, 0.1) is 6.92 Å². The van der Waals surface area contributed by atoms with E-state index in [0.29, 0.717) is 10.8 Å². The Kier molecular flexibility index (Phi) is 5.19. The van der Waals surface area contributed by atoms with Crippen LogP contribution in [0.5, 0.6) is 5.75 Å². The molecule has 1 aromatic heterocycles. The molecule has 4 nitrogen and oxygen atoms in total. The third kappa shape index (κ3) is 3.48. The topological polar surface area (TPSA) is 47.0 Å². The maximum absolute atomic E-state index is 6.03. The first-order valence-corrected chi connectivity index (χ1v) is 5.46. The number of nitrogens with one attached hydrogen (secondary N) is 1. The summed E-state index contributed by atoms with van der Waals surface area (Å²) in [5, 5.41) is 3.70. The summed E-state index contributed by atoms with van der Waals surface area (Å²) in [6.45, 7) is 1.91. The van der Waals surface area contributed by atoms with E-state index >= 15 is 0 Å². The van der Waals surface area contributed by atoms with E-state index in [9.17, 15) is 0 Å². The predicted molar refractivity (Wildman–Crippen MR) is 75.3 cm³/mol. The zero-order valence-corrected chi connectivity index (χ0v) is 11.5. The molecule has 0 saturated heterocycles. The summed E-state index contributed by atoms with van der Waals surface area (Å²) in [6.07, 6.45) is 1.52. The van der Waals surface area contributed by atoms with Crippen molar-refractivity contribution in [3.63, 3.8) is 0 Å². The van der Waals surface area contributed by atoms with Gasteiger partial charge in [0.15, 0.2) is 0 Å². The van der Waals surface area contributed by atoms with Crippen LogP contribution in [0.4, 0.5) is 11.5 Å². The smallest absolute Gasteiger partial charge is 0.137 e. The molecule has 0 unspecified atom stereocenters. The molecule has 0 amide bonds. The van der Waals surface area contributed by atoms with Gasteiger partial charge < -0.3 is 10.1 Å². The number of nitrogens with zero attached hydrogens (tertiary/aromatic N) is 2. The summed E-state index contributed by atoms with van der Waals surface area (Å²) in [5.74, 6) is 1.38. The summed E-state index contributed by atoms with van der Waals surface area (Å²) < 4.78 is 5.08. The number of aromatic nitrogens is 2. The van der Waals surface area contributed by atoms with Gasteiger partial charge in [-0.1, -0.05) is 11.6 Å². The second kappa shape index (κ2) is 6.42. The lowest BCUT2D eigenvalue weighted by atomic mass is 10.3. The predicted octanol–water partition coefficient (Wildman–Crippen LogP) is 3.61. The van der Waals surface area contributed by atoms with Gasteiger partial charge in [-0.15, -0.1) is 12.4 Å². The first kappa shape index (κ1) is 14.5. The van der Waals surface area contributed by atoms with Gasteiger partial charge in [0.05, 0.1) is 12.1 Å². The molecule has 18 heavy (non-hydrogen) atoms. The number of hydrogen-bond acceptors (Lipinski definition) is 4. The number of methoxy groups -OCH3 is 1. The van der Waals surface area contributed by atoms with Crippen LogP contribution in [-0.2, 0) is 0 Å². The molecule has 2 aromatic rings. The van der Waals surface area contributed by atoms with E-state index in [1.807, 2.05) is 19.1 Å². The minimum absolute atomic E-state index is 0. The van der Waals surface area contributed by atoms with E-state index in [4.69, 9.17) is 16.3 Å². The maximum Gasteiger partial charge on any atom is 0.137 e. The van der Waals surface area contributed by atoms with Crippen LogP contribution in [0.15, 0.2) is 30.6 Å². The molecule has 0 spiro atoms. The minimum atomic E-state index is 0. The first-order chi connectivity index (χ1) is 8.19. The van der Waals surface area contributed by atoms with Crippen LogP contribution in [0.25, 0.3) is 0 Å². The second-order valence-corrected chi connectivity index (χ2v) is 3.93. The molecule has 0 fully saturated rings. The number of benzene rings is 1. The number of rotatable bonds is 3. The number of halogens is 2. The lowest BCUT2D eigenvalue weighted by Gasteiger charge is -2.08. The molecule has 0 saturated carbocycles. The molecule has 0 aliphatic rings. The van der Waals surface area contributed by atoms with Gasteiger partial charge >= 0.3 is 0 Å². The SMILES string of the molecule is COc1ccc(Nc2cc(C)ncn2)cc1Cl.Cl. The summed E-state index contributed by atoms with van der Waals surface area (Å²) in [4.78, 5) is 8.14. The van der Waals surface area contributed by atoms with E-state index in [2.05, 4.69) is 15.3 Å². The lowest BCUT2D eigenvalue weighted by molar-refractivity contribution is 0.415. The van der Waals surface area contributed by atoms with Crippen molar-refractivity contribution in [3.05, 3.63) is 41.3 Å². The molecule has 1 N–H and O–H groups in total. The fraction of sp³-hybridized carbons (Fsp3) is 0.167. The van der Waals surface area contributed by atoms with Gasteiger partial charge in [-0.05, 0) is 25.1 Å². The van der Waals surface area contributed by atoms with Crippen LogP contribution >= 0.6 is 24.0 Å². The summed E-state index contributed by atoms with van der Waals surface area (Å²) >= 11 is 6.03. The van der Waals surface area contributed by atoms with Crippen LogP contribution in [0.2, 0.25) is 5.02 Å². The molecule has 6 heteroatoms. The average molecular weight is 286 g/mol. The fourth-order valence-electron chi connectivity index (χ4n) is 1.41. The monoisotopic (exact) mass is 285 g/mol. The van der Waals surface area contributed by atoms with Gasteiger partial charge in [-0.2, -0.15) is 0 Å². The maximum atomic E-state index is 6.03. The van der Waals surface area contributed by atoms with Gasteiger partial charge in [0.1, 0.15) is 17.9 Å². The lowest BCUT2D eigenvalue weighted by Crippen LogP contribution is -1.95. The molecular formula is C12H13Cl2N3O. The normalized spacial score (nSPS) is 9.50. The van der Waals surface area contributed by atoms with Crippen molar-refractivity contribution in [2.24, 2.45) is 0 Å². The van der Waals surface area contributed by atoms with Crippen molar-refractivity contribution in [1.82, 2.24) is 9.97 Å². The zero-order chi connectivity index (χ0) is 12.3. The molecule has 96 valence electrons. The van der Waals surface area contributed by atoms with Gasteiger partial charge in [-0.25, -0.2) is 9.97 Å². The summed E-state index contributed by atoms with van der Waals surface area (Å²) in [5.41, 5.74) is 1.76. The average Bonchev–Trinajstić information content (AvgIpc) is 2.29. The Morgan fingerprint density at radius 1 is 1.22 bits per heavy atom. The van der Waals surface area contributed by atoms with Gasteiger partial charge in [0.25, 0.3) is 0 Å². The van der Waals surface area contributed by atoms with E-state index in [0.717, 1.165) is 17.2 Å². The summed E-state index contributed by atoms with van der Waals surface area (Å²) in [6, 6.07) is 7.33. The number of anilines is 2. The van der Waals surface area contributed by atoms with Crippen molar-refractivity contribution >= 4 is 35.5 Å². The Hall–Kier alpha value is -1.52. The third-order valence-corrected chi connectivity index (χ3v) is 2.52. The Bertz CT molecular complexity index is 534. The van der Waals surface area contributed by atoms with E-state index in [1.54, 1.807) is 19.2 Å². The Morgan fingerprint density at radius 3 is 2.61 bits per heavy atom. The fourth-order valence-corrected chi connectivity index (χ4v) is 1.67. The van der Waals surface area contributed by atoms with Crippen molar-refractivity contribution in [2.45, 2.75) is 6.92 Å². The van der Waals surface area contributed by atoms with Crippen molar-refractivity contribution < 1.29 is 4.74 Å². The van der Waals surface area contributed by atoms with Crippen molar-refractivity contribution in [1.29, 1.82) is 0 Å². The van der Waals surface area contributed by atoms with Crippen LogP contribution < -0.4 is 10.1 Å². The van der Waals surface area contributed by atoms with Gasteiger partial charge in [-0.3, -0.25) is 0 Å². The highest BCUT2D eigenvalue weighted by Crippen LogP contribution is 2.28. The molecule has 0 bridgehead atoms.